The number of carbonyl (C=O) groups is 3. The number of hydrogen-bond donors (Lipinski definition) is 2. The Morgan fingerprint density at radius 3 is 2.28 bits per heavy atom. The molecular formula is C42H72N2O13. The average molecular weight is 813 g/mol. The largest absolute Gasteiger partial charge is 0.459 e. The fraction of sp³-hybridized carbons (Fsp3) is 0.905. The highest BCUT2D eigenvalue weighted by molar-refractivity contribution is 5.89. The predicted molar refractivity (Wildman–Crippen MR) is 210 cm³/mol. The lowest BCUT2D eigenvalue weighted by Crippen LogP contribution is -2.59. The van der Waals surface area contributed by atoms with Gasteiger partial charge in [0.15, 0.2) is 18.2 Å². The third-order valence-electron chi connectivity index (χ3n) is 12.3. The molecule has 15 nitrogen and oxygen atoms in total. The van der Waals surface area contributed by atoms with Crippen LogP contribution in [0, 0.1) is 17.8 Å². The maximum atomic E-state index is 14.0. The smallest absolute Gasteiger partial charge is 0.311 e. The van der Waals surface area contributed by atoms with E-state index >= 15 is 0 Å². The summed E-state index contributed by atoms with van der Waals surface area (Å²) in [5, 5.41) is 28.9. The number of likely N-dealkylation sites (N-methyl/N-ethyl adjacent to an activating group) is 1. The van der Waals surface area contributed by atoms with E-state index in [1.54, 1.807) is 20.8 Å². The zero-order valence-corrected chi connectivity index (χ0v) is 36.5. The van der Waals surface area contributed by atoms with E-state index < -0.39 is 83.5 Å². The highest BCUT2D eigenvalue weighted by Gasteiger charge is 2.52. The molecule has 3 heterocycles. The number of esters is 2. The highest BCUT2D eigenvalue weighted by Crippen LogP contribution is 2.40. The molecule has 57 heavy (non-hydrogen) atoms. The van der Waals surface area contributed by atoms with Gasteiger partial charge in [0.2, 0.25) is 5.79 Å². The Kier molecular flexibility index (Phi) is 16.5. The van der Waals surface area contributed by atoms with Gasteiger partial charge in [0.05, 0.1) is 53.8 Å². The van der Waals surface area contributed by atoms with Gasteiger partial charge in [0, 0.05) is 38.0 Å². The van der Waals surface area contributed by atoms with Crippen LogP contribution in [0.5, 0.6) is 0 Å². The van der Waals surface area contributed by atoms with Crippen LogP contribution in [-0.2, 0) is 52.4 Å². The van der Waals surface area contributed by atoms with Crippen molar-refractivity contribution in [1.82, 2.24) is 4.90 Å². The normalized spacial score (nSPS) is 40.8. The molecule has 3 aliphatic heterocycles. The van der Waals surface area contributed by atoms with Crippen molar-refractivity contribution >= 4 is 23.4 Å². The first-order chi connectivity index (χ1) is 26.6. The van der Waals surface area contributed by atoms with E-state index in [4.69, 9.17) is 43.2 Å². The lowest BCUT2D eigenvalue weighted by Gasteiger charge is -2.47. The van der Waals surface area contributed by atoms with Gasteiger partial charge in [-0.1, -0.05) is 32.3 Å². The summed E-state index contributed by atoms with van der Waals surface area (Å²) in [6.07, 6.45) is -1.55. The van der Waals surface area contributed by atoms with E-state index in [1.165, 1.54) is 13.8 Å². The van der Waals surface area contributed by atoms with Gasteiger partial charge in [-0.3, -0.25) is 14.4 Å². The topological polar surface area (TPSA) is 181 Å². The van der Waals surface area contributed by atoms with Gasteiger partial charge in [0.1, 0.15) is 24.9 Å². The first-order valence-corrected chi connectivity index (χ1v) is 21.1. The van der Waals surface area contributed by atoms with Gasteiger partial charge in [-0.2, -0.15) is 0 Å². The number of cyclic esters (lactones) is 1. The number of aliphatic hydroxyl groups excluding tert-OH is 1. The van der Waals surface area contributed by atoms with Crippen molar-refractivity contribution in [3.8, 4) is 0 Å². The van der Waals surface area contributed by atoms with E-state index in [0.717, 1.165) is 19.3 Å². The number of ketones is 1. The summed E-state index contributed by atoms with van der Waals surface area (Å²) in [6, 6.07) is -0.248. The lowest BCUT2D eigenvalue weighted by atomic mass is 9.75. The van der Waals surface area contributed by atoms with Gasteiger partial charge in [-0.25, -0.2) is 0 Å². The van der Waals surface area contributed by atoms with Gasteiger partial charge in [0.25, 0.3) is 0 Å². The molecule has 4 rings (SSSR count). The van der Waals surface area contributed by atoms with Crippen LogP contribution in [0.1, 0.15) is 127 Å². The van der Waals surface area contributed by atoms with Crippen LogP contribution in [0.25, 0.3) is 0 Å². The molecule has 15 heteroatoms. The van der Waals surface area contributed by atoms with Gasteiger partial charge in [-0.15, -0.1) is 0 Å². The number of fused-ring (bicyclic) bond motifs is 3. The molecule has 1 aliphatic carbocycles. The number of aliphatic hydroxyl groups is 2. The van der Waals surface area contributed by atoms with Gasteiger partial charge < -0.3 is 53.1 Å². The molecule has 328 valence electrons. The van der Waals surface area contributed by atoms with Crippen LogP contribution in [0.15, 0.2) is 5.16 Å². The molecule has 4 aliphatic rings. The first-order valence-electron chi connectivity index (χ1n) is 21.1. The molecule has 0 aromatic heterocycles. The molecular weight excluding hydrogens is 740 g/mol. The molecule has 0 radical (unpaired) electrons. The third kappa shape index (κ3) is 11.7. The molecule has 0 aromatic carbocycles. The minimum atomic E-state index is -1.90. The van der Waals surface area contributed by atoms with E-state index in [-0.39, 0.29) is 56.5 Å². The molecule has 1 unspecified atom stereocenters. The number of nitrogens with zero attached hydrogens (tertiary/aromatic N) is 2. The van der Waals surface area contributed by atoms with Crippen molar-refractivity contribution in [1.29, 1.82) is 0 Å². The van der Waals surface area contributed by atoms with Crippen LogP contribution in [0.2, 0.25) is 0 Å². The summed E-state index contributed by atoms with van der Waals surface area (Å²) in [4.78, 5) is 48.2. The van der Waals surface area contributed by atoms with Crippen LogP contribution in [-0.4, -0.2) is 138 Å². The summed E-state index contributed by atoms with van der Waals surface area (Å²) in [6.45, 7) is 16.9. The highest BCUT2D eigenvalue weighted by atomic mass is 16.8. The van der Waals surface area contributed by atoms with Crippen molar-refractivity contribution in [2.45, 2.75) is 199 Å². The van der Waals surface area contributed by atoms with E-state index in [0.29, 0.717) is 25.0 Å². The Labute approximate surface area is 339 Å². The Hall–Kier alpha value is -2.24. The van der Waals surface area contributed by atoms with Crippen molar-refractivity contribution < 1.29 is 62.6 Å². The second-order valence-corrected chi connectivity index (χ2v) is 17.9. The van der Waals surface area contributed by atoms with Crippen molar-refractivity contribution in [3.63, 3.8) is 0 Å². The molecule has 13 atom stereocenters. The number of ether oxygens (including phenoxy) is 7. The minimum Gasteiger partial charge on any atom is -0.459 e. The zero-order valence-electron chi connectivity index (χ0n) is 36.5. The second-order valence-electron chi connectivity index (χ2n) is 17.9. The number of oxime groups is 1. The molecule has 0 aromatic rings. The average Bonchev–Trinajstić information content (AvgIpc) is 3.18. The van der Waals surface area contributed by atoms with E-state index in [9.17, 15) is 24.6 Å². The van der Waals surface area contributed by atoms with Crippen molar-refractivity contribution in [2.75, 3.05) is 27.3 Å². The van der Waals surface area contributed by atoms with Crippen LogP contribution in [0.3, 0.4) is 0 Å². The minimum absolute atomic E-state index is 0.0557. The van der Waals surface area contributed by atoms with Crippen LogP contribution >= 0.6 is 0 Å². The van der Waals surface area contributed by atoms with Gasteiger partial charge >= 0.3 is 11.9 Å². The third-order valence-corrected chi connectivity index (χ3v) is 12.3. The molecule has 0 amide bonds. The lowest BCUT2D eigenvalue weighted by molar-refractivity contribution is -0.296. The standard InChI is InChI=1S/C42H72N2O13/c1-13-33-41(10,49)37(47)28(7)35(43-57-42(56-24(2)3)17-15-14-16-18-42)25(4)21-40(9)34(20-32(27(6)38(48)54-33)50-22-30(46)23-51-40)55-39-36(53-29(8)45)31(44(11)12)19-26(5)52-39/h24-28,31-34,36-37,39,47,49H,13-23H2,1-12H3/b43-35+/t25-,26-,27-,28+,31+,32-,33-,34-,36-,37-,39?,40+,41-/m1/s1. The number of hydrogen-bond acceptors (Lipinski definition) is 15. The molecule has 4 fully saturated rings. The molecule has 1 saturated carbocycles. The summed E-state index contributed by atoms with van der Waals surface area (Å²) in [7, 11) is 3.81. The Morgan fingerprint density at radius 1 is 1.02 bits per heavy atom. The Bertz CT molecular complexity index is 1380. The summed E-state index contributed by atoms with van der Waals surface area (Å²) in [5.74, 6) is -4.76. The maximum absolute atomic E-state index is 14.0. The van der Waals surface area contributed by atoms with E-state index in [2.05, 4.69) is 0 Å². The number of carbonyl (C=O) groups excluding carboxylic acids is 3. The number of rotatable bonds is 9. The SMILES string of the molecule is CC[C@H]1OC(=O)[C@H](C)[C@H]2C[C@@H](OC3O[C@H](C)C[C@H](N(C)C)[C@H]3OC(C)=O)[C@](C)(C[C@@H](C)/C(=N\OC3(OC(C)C)CCCCC3)[C@H](C)[C@@H](O)[C@]1(C)O)OCC(=O)CO2. The quantitative estimate of drug-likeness (QED) is 0.186. The van der Waals surface area contributed by atoms with Crippen LogP contribution in [0.4, 0.5) is 0 Å². The van der Waals surface area contributed by atoms with Crippen LogP contribution < -0.4 is 0 Å². The molecule has 0 spiro atoms. The monoisotopic (exact) mass is 813 g/mol. The zero-order chi connectivity index (χ0) is 42.5. The Morgan fingerprint density at radius 2 is 1.68 bits per heavy atom. The van der Waals surface area contributed by atoms with Gasteiger partial charge in [-0.05, 0) is 87.7 Å². The molecule has 2 N–H and O–H groups in total. The summed E-state index contributed by atoms with van der Waals surface area (Å²) < 4.78 is 44.4. The van der Waals surface area contributed by atoms with Crippen molar-refractivity contribution in [3.05, 3.63) is 0 Å². The Balaban J connectivity index is 1.90. The summed E-state index contributed by atoms with van der Waals surface area (Å²) in [5.41, 5.74) is -2.77. The number of Topliss-reactive ketones (excluding diaryl/α,β-unsaturated/α-hetero) is 1. The second kappa shape index (κ2) is 19.9. The first kappa shape index (κ1) is 47.4. The fourth-order valence-corrected chi connectivity index (χ4v) is 9.06. The molecule has 3 saturated heterocycles. The molecule has 2 bridgehead atoms. The summed E-state index contributed by atoms with van der Waals surface area (Å²) >= 11 is 0. The van der Waals surface area contributed by atoms with Crippen molar-refractivity contribution in [2.24, 2.45) is 22.9 Å². The fourth-order valence-electron chi connectivity index (χ4n) is 9.06. The predicted octanol–water partition coefficient (Wildman–Crippen LogP) is 4.71. The maximum Gasteiger partial charge on any atom is 0.311 e. The van der Waals surface area contributed by atoms with E-state index in [1.807, 2.05) is 53.6 Å².